The Morgan fingerprint density at radius 2 is 1.95 bits per heavy atom. The number of nitrogens with zero attached hydrogens (tertiary/aromatic N) is 5. The van der Waals surface area contributed by atoms with Crippen LogP contribution in [-0.2, 0) is 11.2 Å². The molecule has 1 fully saturated rings. The van der Waals surface area contributed by atoms with Crippen molar-refractivity contribution < 1.29 is 22.4 Å². The highest BCUT2D eigenvalue weighted by atomic mass is 19.2. The van der Waals surface area contributed by atoms with Gasteiger partial charge < -0.3 is 10.2 Å². The Bertz CT molecular complexity index is 1570. The summed E-state index contributed by atoms with van der Waals surface area (Å²) >= 11 is 0. The molecule has 1 amide bonds. The van der Waals surface area contributed by atoms with Crippen LogP contribution in [0.3, 0.4) is 0 Å². The highest BCUT2D eigenvalue weighted by Crippen LogP contribution is 2.36. The van der Waals surface area contributed by atoms with E-state index < -0.39 is 28.8 Å². The molecule has 2 aromatic heterocycles. The fraction of sp³-hybridized carbons (Fsp3) is 0.286. The van der Waals surface area contributed by atoms with Gasteiger partial charge >= 0.3 is 0 Å². The summed E-state index contributed by atoms with van der Waals surface area (Å²) < 4.78 is 60.1. The van der Waals surface area contributed by atoms with Gasteiger partial charge in [-0.3, -0.25) is 4.79 Å². The van der Waals surface area contributed by atoms with Crippen LogP contribution in [0, 0.1) is 30.2 Å². The van der Waals surface area contributed by atoms with Crippen molar-refractivity contribution in [3.63, 3.8) is 0 Å². The lowest BCUT2D eigenvalue weighted by molar-refractivity contribution is -0.127. The molecule has 0 saturated carbocycles. The summed E-state index contributed by atoms with van der Waals surface area (Å²) in [6, 6.07) is 4.74. The van der Waals surface area contributed by atoms with Crippen LogP contribution in [0.5, 0.6) is 0 Å². The smallest absolute Gasteiger partial charge is 0.246 e. The molecule has 1 saturated heterocycles. The van der Waals surface area contributed by atoms with Crippen molar-refractivity contribution in [2.45, 2.75) is 32.2 Å². The number of hydrogen-bond donors (Lipinski definition) is 1. The van der Waals surface area contributed by atoms with Crippen molar-refractivity contribution in [2.24, 2.45) is 0 Å². The van der Waals surface area contributed by atoms with Crippen molar-refractivity contribution in [1.82, 2.24) is 24.6 Å². The van der Waals surface area contributed by atoms with Crippen LogP contribution >= 0.6 is 0 Å². The van der Waals surface area contributed by atoms with E-state index in [2.05, 4.69) is 21.9 Å². The molecule has 1 aliphatic heterocycles. The summed E-state index contributed by atoms with van der Waals surface area (Å²) in [5, 5.41) is 8.23. The Morgan fingerprint density at radius 3 is 2.67 bits per heavy atom. The van der Waals surface area contributed by atoms with Crippen molar-refractivity contribution in [3.05, 3.63) is 83.2 Å². The quantitative estimate of drug-likeness (QED) is 0.204. The maximum atomic E-state index is 15.6. The minimum atomic E-state index is -1.29. The number of hydrogen-bond acceptors (Lipinski definition) is 5. The summed E-state index contributed by atoms with van der Waals surface area (Å²) in [4.78, 5) is 22.6. The monoisotopic (exact) mass is 538 g/mol. The molecule has 0 bridgehead atoms. The molecule has 4 aromatic rings. The normalized spacial score (nSPS) is 15.5. The predicted molar refractivity (Wildman–Crippen MR) is 139 cm³/mol. The number of amides is 1. The van der Waals surface area contributed by atoms with Crippen molar-refractivity contribution in [2.75, 3.05) is 25.5 Å². The zero-order valence-electron chi connectivity index (χ0n) is 21.4. The number of anilines is 1. The maximum absolute atomic E-state index is 15.6. The second-order valence-electron chi connectivity index (χ2n) is 9.52. The third-order valence-electron chi connectivity index (χ3n) is 7.05. The fourth-order valence-electron chi connectivity index (χ4n) is 5.10. The molecule has 0 radical (unpaired) electrons. The molecule has 1 atom stereocenters. The van der Waals surface area contributed by atoms with Crippen LogP contribution in [-0.4, -0.2) is 50.7 Å². The molecule has 39 heavy (non-hydrogen) atoms. The SMILES string of the molecule is C=CC(=O)N1CCCC(n2nc(-c3ccc(Cc4c(F)c(C)cc(F)c4F)cc3F)c3c(NC)ncnc32)C1. The molecule has 7 nitrogen and oxygen atoms in total. The Balaban J connectivity index is 1.57. The molecular weight excluding hydrogens is 512 g/mol. The number of benzene rings is 2. The first kappa shape index (κ1) is 26.3. The first-order chi connectivity index (χ1) is 18.7. The molecule has 202 valence electrons. The number of carbonyl (C=O) groups excluding carboxylic acids is 1. The Kier molecular flexibility index (Phi) is 7.07. The van der Waals surface area contributed by atoms with Crippen LogP contribution < -0.4 is 5.32 Å². The molecule has 0 spiro atoms. The van der Waals surface area contributed by atoms with Crippen molar-refractivity contribution in [1.29, 1.82) is 0 Å². The second-order valence-corrected chi connectivity index (χ2v) is 9.52. The number of aromatic nitrogens is 4. The van der Waals surface area contributed by atoms with E-state index in [0.29, 0.717) is 29.9 Å². The van der Waals surface area contributed by atoms with Gasteiger partial charge in [0.2, 0.25) is 5.91 Å². The van der Waals surface area contributed by atoms with Gasteiger partial charge in [0.1, 0.15) is 29.5 Å². The lowest BCUT2D eigenvalue weighted by Crippen LogP contribution is -2.40. The zero-order chi connectivity index (χ0) is 27.8. The van der Waals surface area contributed by atoms with Crippen LogP contribution in [0.15, 0.2) is 43.2 Å². The highest BCUT2D eigenvalue weighted by Gasteiger charge is 2.29. The van der Waals surface area contributed by atoms with Gasteiger partial charge in [0.15, 0.2) is 17.3 Å². The van der Waals surface area contributed by atoms with E-state index >= 15 is 4.39 Å². The topological polar surface area (TPSA) is 75.9 Å². The van der Waals surface area contributed by atoms with Gasteiger partial charge in [0, 0.05) is 37.7 Å². The lowest BCUT2D eigenvalue weighted by Gasteiger charge is -2.32. The number of fused-ring (bicyclic) bond motifs is 1. The average molecular weight is 539 g/mol. The van der Waals surface area contributed by atoms with Crippen molar-refractivity contribution in [3.8, 4) is 11.3 Å². The van der Waals surface area contributed by atoms with E-state index in [0.717, 1.165) is 25.0 Å². The van der Waals surface area contributed by atoms with Gasteiger partial charge in [-0.2, -0.15) is 5.10 Å². The van der Waals surface area contributed by atoms with Gasteiger partial charge in [-0.05, 0) is 55.2 Å². The molecule has 5 rings (SSSR count). The van der Waals surface area contributed by atoms with Crippen LogP contribution in [0.25, 0.3) is 22.3 Å². The summed E-state index contributed by atoms with van der Waals surface area (Å²) in [5.74, 6) is -3.72. The molecule has 3 heterocycles. The molecule has 0 aliphatic carbocycles. The number of nitrogens with one attached hydrogen (secondary N) is 1. The zero-order valence-corrected chi connectivity index (χ0v) is 21.4. The first-order valence-electron chi connectivity index (χ1n) is 12.5. The number of halogens is 4. The Morgan fingerprint density at radius 1 is 1.15 bits per heavy atom. The minimum absolute atomic E-state index is 0.0336. The van der Waals surface area contributed by atoms with E-state index in [4.69, 9.17) is 5.10 Å². The Labute approximate surface area is 222 Å². The molecule has 2 aromatic carbocycles. The minimum Gasteiger partial charge on any atom is -0.372 e. The number of carbonyl (C=O) groups is 1. The molecule has 1 N–H and O–H groups in total. The molecule has 1 unspecified atom stereocenters. The predicted octanol–water partition coefficient (Wildman–Crippen LogP) is 5.34. The largest absolute Gasteiger partial charge is 0.372 e. The van der Waals surface area contributed by atoms with Gasteiger partial charge in [0.25, 0.3) is 0 Å². The molecular formula is C28H26F4N6O. The molecule has 1 aliphatic rings. The number of likely N-dealkylation sites (tertiary alicyclic amines) is 1. The molecule has 11 heteroatoms. The van der Waals surface area contributed by atoms with E-state index in [9.17, 15) is 18.0 Å². The summed E-state index contributed by atoms with van der Waals surface area (Å²) in [5.41, 5.74) is 0.666. The number of piperidine rings is 1. The summed E-state index contributed by atoms with van der Waals surface area (Å²) in [7, 11) is 1.68. The lowest BCUT2D eigenvalue weighted by atomic mass is 9.99. The third-order valence-corrected chi connectivity index (χ3v) is 7.05. The summed E-state index contributed by atoms with van der Waals surface area (Å²) in [6.45, 7) is 5.90. The van der Waals surface area contributed by atoms with E-state index in [-0.39, 0.29) is 40.8 Å². The highest BCUT2D eigenvalue weighted by molar-refractivity contribution is 5.99. The third kappa shape index (κ3) is 4.73. The average Bonchev–Trinajstić information content (AvgIpc) is 3.33. The number of aryl methyl sites for hydroxylation is 1. The van der Waals surface area contributed by atoms with E-state index in [1.165, 1.54) is 31.5 Å². The van der Waals surface area contributed by atoms with E-state index in [1.54, 1.807) is 16.6 Å². The maximum Gasteiger partial charge on any atom is 0.246 e. The summed E-state index contributed by atoms with van der Waals surface area (Å²) in [6.07, 6.45) is 3.82. The number of rotatable bonds is 6. The van der Waals surface area contributed by atoms with Crippen LogP contribution in [0.2, 0.25) is 0 Å². The van der Waals surface area contributed by atoms with Gasteiger partial charge in [-0.1, -0.05) is 12.6 Å². The Hall–Kier alpha value is -4.28. The van der Waals surface area contributed by atoms with E-state index in [1.807, 2.05) is 0 Å². The van der Waals surface area contributed by atoms with Crippen molar-refractivity contribution >= 4 is 22.8 Å². The second kappa shape index (κ2) is 10.5. The standard InChI is InChI=1S/C28H26F4N6O/c1-4-22(39)37-9-5-6-17(13-37)38-28-23(27(33-3)34-14-35-28)26(36-38)18-8-7-16(12-20(18)29)11-19-24(31)15(2)10-21(30)25(19)32/h4,7-8,10,12,14,17H,1,5-6,9,11,13H2,2-3H3,(H,33,34,35). The van der Waals surface area contributed by atoms with Crippen LogP contribution in [0.1, 0.15) is 35.6 Å². The van der Waals surface area contributed by atoms with Gasteiger partial charge in [-0.15, -0.1) is 0 Å². The van der Waals surface area contributed by atoms with Gasteiger partial charge in [-0.25, -0.2) is 32.2 Å². The van der Waals surface area contributed by atoms with Crippen LogP contribution in [0.4, 0.5) is 23.4 Å². The first-order valence-corrected chi connectivity index (χ1v) is 12.5. The van der Waals surface area contributed by atoms with Gasteiger partial charge in [0.05, 0.1) is 11.4 Å². The fourth-order valence-corrected chi connectivity index (χ4v) is 5.10.